The van der Waals surface area contributed by atoms with Crippen LogP contribution in [0.1, 0.15) is 34.7 Å². The fraction of sp³-hybridized carbons (Fsp3) is 0.212. The Balaban J connectivity index is 1.50. The van der Waals surface area contributed by atoms with E-state index in [1.54, 1.807) is 48.5 Å². The van der Waals surface area contributed by atoms with Crippen molar-refractivity contribution < 1.29 is 22.7 Å². The molecule has 4 aromatic carbocycles. The molecule has 4 aromatic rings. The van der Waals surface area contributed by atoms with Gasteiger partial charge in [0.1, 0.15) is 13.2 Å². The van der Waals surface area contributed by atoms with Crippen LogP contribution in [0.15, 0.2) is 101 Å². The predicted molar refractivity (Wildman–Crippen MR) is 166 cm³/mol. The number of aryl methyl sites for hydroxylation is 3. The number of hydrazone groups is 1. The van der Waals surface area contributed by atoms with Crippen molar-refractivity contribution in [2.75, 3.05) is 17.5 Å². The van der Waals surface area contributed by atoms with Crippen LogP contribution in [-0.4, -0.2) is 33.7 Å². The van der Waals surface area contributed by atoms with Crippen molar-refractivity contribution in [1.82, 2.24) is 5.43 Å². The van der Waals surface area contributed by atoms with Crippen LogP contribution < -0.4 is 19.2 Å². The predicted octanol–water partition coefficient (Wildman–Crippen LogP) is 5.94. The molecular weight excluding hydrogens is 550 g/mol. The molecule has 0 aromatic heterocycles. The third-order valence-corrected chi connectivity index (χ3v) is 8.21. The summed E-state index contributed by atoms with van der Waals surface area (Å²) in [6, 6.07) is 27.2. The molecular formula is C33H35N3O5S. The van der Waals surface area contributed by atoms with E-state index in [2.05, 4.69) is 10.5 Å². The lowest BCUT2D eigenvalue weighted by atomic mass is 10.1. The summed E-state index contributed by atoms with van der Waals surface area (Å²) in [4.78, 5) is 13.1. The summed E-state index contributed by atoms with van der Waals surface area (Å²) in [6.07, 6.45) is 1.47. The molecule has 42 heavy (non-hydrogen) atoms. The smallest absolute Gasteiger partial charge is 0.264 e. The van der Waals surface area contributed by atoms with Crippen LogP contribution >= 0.6 is 0 Å². The standard InChI is InChI=1S/C33H35N3O5S/c1-5-40-32-20-28(15-18-31(32)41-23-27-9-7-6-8-10-27)21-34-35-33(37)22-36(30-19-25(3)11-14-26(30)4)42(38,39)29-16-12-24(2)13-17-29/h6-21H,5,22-23H2,1-4H3,(H,35,37)/b34-21-. The van der Waals surface area contributed by atoms with Crippen LogP contribution in [0.5, 0.6) is 11.5 Å². The number of anilines is 1. The highest BCUT2D eigenvalue weighted by atomic mass is 32.2. The van der Waals surface area contributed by atoms with E-state index < -0.39 is 22.5 Å². The number of carbonyl (C=O) groups is 1. The van der Waals surface area contributed by atoms with E-state index in [1.807, 2.05) is 70.2 Å². The van der Waals surface area contributed by atoms with E-state index in [1.165, 1.54) is 6.21 Å². The van der Waals surface area contributed by atoms with Gasteiger partial charge >= 0.3 is 0 Å². The SMILES string of the molecule is CCOc1cc(/C=N\NC(=O)CN(c2cc(C)ccc2C)S(=O)(=O)c2ccc(C)cc2)ccc1OCc1ccccc1. The number of amides is 1. The van der Waals surface area contributed by atoms with Crippen molar-refractivity contribution in [2.45, 2.75) is 39.2 Å². The molecule has 4 rings (SSSR count). The second kappa shape index (κ2) is 13.8. The second-order valence-corrected chi connectivity index (χ2v) is 11.7. The van der Waals surface area contributed by atoms with Crippen LogP contribution in [0, 0.1) is 20.8 Å². The lowest BCUT2D eigenvalue weighted by Crippen LogP contribution is -2.40. The largest absolute Gasteiger partial charge is 0.490 e. The molecule has 0 unspecified atom stereocenters. The Morgan fingerprint density at radius 1 is 0.857 bits per heavy atom. The average molecular weight is 586 g/mol. The van der Waals surface area contributed by atoms with Gasteiger partial charge < -0.3 is 9.47 Å². The second-order valence-electron chi connectivity index (χ2n) is 9.82. The molecule has 0 fully saturated rings. The van der Waals surface area contributed by atoms with Crippen molar-refractivity contribution in [3.05, 3.63) is 119 Å². The Morgan fingerprint density at radius 3 is 2.29 bits per heavy atom. The van der Waals surface area contributed by atoms with Gasteiger partial charge in [0.2, 0.25) is 0 Å². The maximum Gasteiger partial charge on any atom is 0.264 e. The third-order valence-electron chi connectivity index (χ3n) is 6.44. The van der Waals surface area contributed by atoms with Gasteiger partial charge in [-0.3, -0.25) is 9.10 Å². The zero-order valence-corrected chi connectivity index (χ0v) is 25.0. The summed E-state index contributed by atoms with van der Waals surface area (Å²) >= 11 is 0. The monoisotopic (exact) mass is 585 g/mol. The van der Waals surface area contributed by atoms with Crippen molar-refractivity contribution in [3.63, 3.8) is 0 Å². The maximum absolute atomic E-state index is 13.7. The van der Waals surface area contributed by atoms with Crippen molar-refractivity contribution in [1.29, 1.82) is 0 Å². The lowest BCUT2D eigenvalue weighted by Gasteiger charge is -2.25. The van der Waals surface area contributed by atoms with Gasteiger partial charge in [-0.25, -0.2) is 13.8 Å². The molecule has 0 aliphatic rings. The van der Waals surface area contributed by atoms with Crippen LogP contribution in [-0.2, 0) is 21.4 Å². The minimum atomic E-state index is -4.03. The fourth-order valence-corrected chi connectivity index (χ4v) is 5.68. The van der Waals surface area contributed by atoms with E-state index in [0.717, 1.165) is 26.6 Å². The number of nitrogens with one attached hydrogen (secondary N) is 1. The molecule has 0 heterocycles. The van der Waals surface area contributed by atoms with E-state index >= 15 is 0 Å². The van der Waals surface area contributed by atoms with Crippen molar-refractivity contribution in [2.24, 2.45) is 5.10 Å². The first-order valence-corrected chi connectivity index (χ1v) is 15.0. The van der Waals surface area contributed by atoms with Crippen LogP contribution in [0.3, 0.4) is 0 Å². The van der Waals surface area contributed by atoms with E-state index in [9.17, 15) is 13.2 Å². The molecule has 1 amide bonds. The number of hydrogen-bond acceptors (Lipinski definition) is 6. The zero-order valence-electron chi connectivity index (χ0n) is 24.2. The molecule has 8 nitrogen and oxygen atoms in total. The number of benzene rings is 4. The number of rotatable bonds is 12. The molecule has 0 aliphatic carbocycles. The van der Waals surface area contributed by atoms with Crippen LogP contribution in [0.4, 0.5) is 5.69 Å². The number of hydrogen-bond donors (Lipinski definition) is 1. The first-order valence-electron chi connectivity index (χ1n) is 13.6. The Labute approximate surface area is 247 Å². The summed E-state index contributed by atoms with van der Waals surface area (Å²) < 4.78 is 40.2. The molecule has 0 radical (unpaired) electrons. The molecule has 9 heteroatoms. The Kier molecular flexibility index (Phi) is 9.98. The quantitative estimate of drug-likeness (QED) is 0.164. The van der Waals surface area contributed by atoms with Crippen LogP contribution in [0.25, 0.3) is 0 Å². The molecule has 0 aliphatic heterocycles. The molecule has 0 bridgehead atoms. The number of nitrogens with zero attached hydrogens (tertiary/aromatic N) is 2. The molecule has 1 N–H and O–H groups in total. The van der Waals surface area contributed by atoms with Crippen LogP contribution in [0.2, 0.25) is 0 Å². The minimum absolute atomic E-state index is 0.100. The zero-order chi connectivity index (χ0) is 30.1. The van der Waals surface area contributed by atoms with Gasteiger partial charge in [0.15, 0.2) is 11.5 Å². The molecule has 0 spiro atoms. The van der Waals surface area contributed by atoms with Gasteiger partial charge in [-0.05, 0) is 86.3 Å². The molecule has 0 saturated carbocycles. The van der Waals surface area contributed by atoms with E-state index in [-0.39, 0.29) is 4.90 Å². The van der Waals surface area contributed by atoms with Gasteiger partial charge in [0, 0.05) is 0 Å². The fourth-order valence-electron chi connectivity index (χ4n) is 4.20. The summed E-state index contributed by atoms with van der Waals surface area (Å²) in [5, 5.41) is 4.08. The summed E-state index contributed by atoms with van der Waals surface area (Å²) in [5.41, 5.74) is 7.14. The molecule has 218 valence electrons. The Morgan fingerprint density at radius 2 is 1.57 bits per heavy atom. The number of sulfonamides is 1. The highest BCUT2D eigenvalue weighted by molar-refractivity contribution is 7.92. The Bertz CT molecular complexity index is 1650. The molecule has 0 saturated heterocycles. The maximum atomic E-state index is 13.7. The average Bonchev–Trinajstić information content (AvgIpc) is 2.98. The topological polar surface area (TPSA) is 97.3 Å². The van der Waals surface area contributed by atoms with Gasteiger partial charge in [-0.1, -0.05) is 60.2 Å². The number of ether oxygens (including phenoxy) is 2. The summed E-state index contributed by atoms with van der Waals surface area (Å²) in [7, 11) is -4.03. The normalized spacial score (nSPS) is 11.3. The van der Waals surface area contributed by atoms with Gasteiger partial charge in [-0.15, -0.1) is 0 Å². The highest BCUT2D eigenvalue weighted by Gasteiger charge is 2.28. The Hall–Kier alpha value is -4.63. The van der Waals surface area contributed by atoms with Crippen molar-refractivity contribution >= 4 is 27.8 Å². The summed E-state index contributed by atoms with van der Waals surface area (Å²) in [6.45, 7) is 7.84. The highest BCUT2D eigenvalue weighted by Crippen LogP contribution is 2.30. The van der Waals surface area contributed by atoms with Gasteiger partial charge in [0.05, 0.1) is 23.4 Å². The van der Waals surface area contributed by atoms with E-state index in [4.69, 9.17) is 9.47 Å². The first-order chi connectivity index (χ1) is 20.2. The van der Waals surface area contributed by atoms with E-state index in [0.29, 0.717) is 36.0 Å². The van der Waals surface area contributed by atoms with Gasteiger partial charge in [0.25, 0.3) is 15.9 Å². The van der Waals surface area contributed by atoms with Gasteiger partial charge in [-0.2, -0.15) is 5.10 Å². The summed E-state index contributed by atoms with van der Waals surface area (Å²) in [5.74, 6) is 0.553. The first kappa shape index (κ1) is 30.3. The van der Waals surface area contributed by atoms with Crippen molar-refractivity contribution in [3.8, 4) is 11.5 Å². The molecule has 0 atom stereocenters. The minimum Gasteiger partial charge on any atom is -0.490 e. The third kappa shape index (κ3) is 7.76. The number of carbonyl (C=O) groups excluding carboxylic acids is 1. The lowest BCUT2D eigenvalue weighted by molar-refractivity contribution is -0.119.